The maximum atomic E-state index is 11.5. The fraction of sp³-hybridized carbons (Fsp3) is 0.333. The van der Waals surface area contributed by atoms with Crippen LogP contribution in [0.2, 0.25) is 0 Å². The number of hydrogen-bond donors (Lipinski definition) is 0. The second kappa shape index (κ2) is 7.05. The molecular formula is C15H18N2O2S. The van der Waals surface area contributed by atoms with Gasteiger partial charge in [0.1, 0.15) is 0 Å². The first kappa shape index (κ1) is 14.5. The van der Waals surface area contributed by atoms with Gasteiger partial charge in [-0.15, -0.1) is 16.3 Å². The molecule has 2 aromatic rings. The monoisotopic (exact) mass is 290 g/mol. The Morgan fingerprint density at radius 1 is 1.30 bits per heavy atom. The number of aromatic nitrogens is 1. The van der Waals surface area contributed by atoms with Crippen LogP contribution in [0.1, 0.15) is 25.1 Å². The van der Waals surface area contributed by atoms with E-state index in [0.29, 0.717) is 18.0 Å². The molecule has 0 fully saturated rings. The van der Waals surface area contributed by atoms with Crippen molar-refractivity contribution in [3.8, 4) is 0 Å². The van der Waals surface area contributed by atoms with Gasteiger partial charge in [0.05, 0.1) is 13.2 Å². The molecule has 0 atom stereocenters. The molecule has 0 saturated heterocycles. The van der Waals surface area contributed by atoms with Gasteiger partial charge in [-0.3, -0.25) is 0 Å². The lowest BCUT2D eigenvalue weighted by molar-refractivity contribution is 0.162. The summed E-state index contributed by atoms with van der Waals surface area (Å²) in [7, 11) is 0. The zero-order valence-corrected chi connectivity index (χ0v) is 12.5. The van der Waals surface area contributed by atoms with Crippen LogP contribution in [0, 0.1) is 0 Å². The highest BCUT2D eigenvalue weighted by Gasteiger charge is 2.06. The number of thiazole rings is 1. The van der Waals surface area contributed by atoms with E-state index >= 15 is 0 Å². The molecule has 106 valence electrons. The van der Waals surface area contributed by atoms with E-state index in [2.05, 4.69) is 28.6 Å². The number of rotatable bonds is 4. The van der Waals surface area contributed by atoms with Gasteiger partial charge in [-0.25, -0.2) is 4.79 Å². The normalized spacial score (nSPS) is 11.6. The van der Waals surface area contributed by atoms with E-state index in [-0.39, 0.29) is 0 Å². The van der Waals surface area contributed by atoms with Crippen LogP contribution in [0.4, 0.5) is 4.79 Å². The van der Waals surface area contributed by atoms with Crippen molar-refractivity contribution in [3.05, 3.63) is 51.8 Å². The van der Waals surface area contributed by atoms with Crippen molar-refractivity contribution in [2.75, 3.05) is 6.61 Å². The average Bonchev–Trinajstić information content (AvgIpc) is 2.82. The molecule has 0 saturated carbocycles. The van der Waals surface area contributed by atoms with Crippen molar-refractivity contribution >= 4 is 17.4 Å². The number of carbonyl (C=O) groups is 1. The molecule has 0 aliphatic heterocycles. The van der Waals surface area contributed by atoms with Crippen molar-refractivity contribution in [3.63, 3.8) is 0 Å². The molecular weight excluding hydrogens is 272 g/mol. The maximum Gasteiger partial charge on any atom is 0.436 e. The number of ether oxygens (including phenoxy) is 1. The minimum atomic E-state index is -0.529. The Labute approximate surface area is 122 Å². The first-order valence-corrected chi connectivity index (χ1v) is 7.55. The van der Waals surface area contributed by atoms with E-state index < -0.39 is 6.09 Å². The minimum Gasteiger partial charge on any atom is -0.448 e. The Kier molecular flexibility index (Phi) is 5.12. The molecule has 1 aromatic heterocycles. The van der Waals surface area contributed by atoms with E-state index in [4.69, 9.17) is 4.74 Å². The highest BCUT2D eigenvalue weighted by Crippen LogP contribution is 2.08. The number of amides is 1. The largest absolute Gasteiger partial charge is 0.448 e. The number of nitrogens with zero attached hydrogens (tertiary/aromatic N) is 2. The molecule has 0 aliphatic carbocycles. The molecule has 0 unspecified atom stereocenters. The summed E-state index contributed by atoms with van der Waals surface area (Å²) in [6, 6.07) is 10.1. The third-order valence-electron chi connectivity index (χ3n) is 2.88. The summed E-state index contributed by atoms with van der Waals surface area (Å²) < 4.78 is 6.95. The summed E-state index contributed by atoms with van der Waals surface area (Å²) in [5.74, 6) is 0. The first-order chi connectivity index (χ1) is 9.74. The van der Waals surface area contributed by atoms with Crippen LogP contribution in [0.25, 0.3) is 0 Å². The summed E-state index contributed by atoms with van der Waals surface area (Å²) in [5, 5.41) is 2.04. The number of benzene rings is 1. The van der Waals surface area contributed by atoms with Crippen molar-refractivity contribution in [2.45, 2.75) is 26.8 Å². The zero-order valence-electron chi connectivity index (χ0n) is 11.7. The summed E-state index contributed by atoms with van der Waals surface area (Å²) in [5.41, 5.74) is 2.35. The quantitative estimate of drug-likeness (QED) is 0.867. The molecule has 5 heteroatoms. The second-order valence-corrected chi connectivity index (χ2v) is 5.08. The van der Waals surface area contributed by atoms with Crippen LogP contribution in [0.3, 0.4) is 0 Å². The predicted molar refractivity (Wildman–Crippen MR) is 79.8 cm³/mol. The molecule has 0 N–H and O–H groups in total. The van der Waals surface area contributed by atoms with Crippen LogP contribution in [0.15, 0.2) is 40.7 Å². The molecule has 2 rings (SSSR count). The van der Waals surface area contributed by atoms with Crippen molar-refractivity contribution in [1.82, 2.24) is 4.57 Å². The third kappa shape index (κ3) is 3.57. The lowest BCUT2D eigenvalue weighted by Gasteiger charge is -2.07. The van der Waals surface area contributed by atoms with Gasteiger partial charge in [0.15, 0.2) is 4.80 Å². The number of aryl methyl sites for hydroxylation is 1. The number of hydrogen-bond acceptors (Lipinski definition) is 3. The standard InChI is InChI=1S/C15H18N2O2S/c1-3-13-11-20-14(16-15(18)19-4-2)17(13)10-12-8-6-5-7-9-12/h5-9,11H,3-4,10H2,1-2H3. The van der Waals surface area contributed by atoms with E-state index in [0.717, 1.165) is 6.42 Å². The van der Waals surface area contributed by atoms with Crippen molar-refractivity contribution < 1.29 is 9.53 Å². The summed E-state index contributed by atoms with van der Waals surface area (Å²) >= 11 is 1.47. The van der Waals surface area contributed by atoms with Gasteiger partial charge in [0, 0.05) is 11.1 Å². The molecule has 4 nitrogen and oxygen atoms in total. The molecule has 1 amide bonds. The SMILES string of the molecule is CCOC(=O)N=c1scc(CC)n1Cc1ccccc1. The first-order valence-electron chi connectivity index (χ1n) is 6.67. The molecule has 0 bridgehead atoms. The molecule has 0 spiro atoms. The van der Waals surface area contributed by atoms with Gasteiger partial charge in [-0.05, 0) is 18.9 Å². The smallest absolute Gasteiger partial charge is 0.436 e. The van der Waals surface area contributed by atoms with Gasteiger partial charge in [-0.2, -0.15) is 0 Å². The Hall–Kier alpha value is -1.88. The highest BCUT2D eigenvalue weighted by molar-refractivity contribution is 7.07. The topological polar surface area (TPSA) is 43.6 Å². The average molecular weight is 290 g/mol. The fourth-order valence-electron chi connectivity index (χ4n) is 1.90. The fourth-order valence-corrected chi connectivity index (χ4v) is 2.87. The van der Waals surface area contributed by atoms with Crippen LogP contribution in [0.5, 0.6) is 0 Å². The van der Waals surface area contributed by atoms with Crippen LogP contribution in [-0.4, -0.2) is 17.3 Å². The lowest BCUT2D eigenvalue weighted by atomic mass is 10.2. The summed E-state index contributed by atoms with van der Waals surface area (Å²) in [4.78, 5) is 16.2. The Bertz CT molecular complexity index is 629. The highest BCUT2D eigenvalue weighted by atomic mass is 32.1. The van der Waals surface area contributed by atoms with Gasteiger partial charge < -0.3 is 9.30 Å². The Balaban J connectivity index is 2.35. The second-order valence-electron chi connectivity index (χ2n) is 4.25. The zero-order chi connectivity index (χ0) is 14.4. The van der Waals surface area contributed by atoms with Crippen LogP contribution in [-0.2, 0) is 17.7 Å². The Morgan fingerprint density at radius 2 is 2.05 bits per heavy atom. The summed E-state index contributed by atoms with van der Waals surface area (Å²) in [6.45, 7) is 4.92. The molecule has 20 heavy (non-hydrogen) atoms. The third-order valence-corrected chi connectivity index (χ3v) is 3.79. The van der Waals surface area contributed by atoms with Crippen molar-refractivity contribution in [1.29, 1.82) is 0 Å². The molecule has 0 aliphatic rings. The molecule has 1 heterocycles. The number of carbonyl (C=O) groups excluding carboxylic acids is 1. The lowest BCUT2D eigenvalue weighted by Crippen LogP contribution is -2.20. The van der Waals surface area contributed by atoms with Crippen LogP contribution >= 0.6 is 11.3 Å². The summed E-state index contributed by atoms with van der Waals surface area (Å²) in [6.07, 6.45) is 0.376. The predicted octanol–water partition coefficient (Wildman–Crippen LogP) is 3.22. The maximum absolute atomic E-state index is 11.5. The van der Waals surface area contributed by atoms with E-state index in [1.807, 2.05) is 23.6 Å². The molecule has 1 aromatic carbocycles. The van der Waals surface area contributed by atoms with E-state index in [1.54, 1.807) is 6.92 Å². The van der Waals surface area contributed by atoms with E-state index in [1.165, 1.54) is 22.6 Å². The van der Waals surface area contributed by atoms with Gasteiger partial charge in [0.2, 0.25) is 0 Å². The molecule has 0 radical (unpaired) electrons. The Morgan fingerprint density at radius 3 is 2.70 bits per heavy atom. The van der Waals surface area contributed by atoms with Crippen molar-refractivity contribution in [2.24, 2.45) is 4.99 Å². The minimum absolute atomic E-state index is 0.340. The van der Waals surface area contributed by atoms with Gasteiger partial charge in [0.25, 0.3) is 0 Å². The van der Waals surface area contributed by atoms with Gasteiger partial charge >= 0.3 is 6.09 Å². The van der Waals surface area contributed by atoms with E-state index in [9.17, 15) is 4.79 Å². The van der Waals surface area contributed by atoms with Gasteiger partial charge in [-0.1, -0.05) is 37.3 Å². The van der Waals surface area contributed by atoms with Crippen LogP contribution < -0.4 is 4.80 Å².